The Morgan fingerprint density at radius 3 is 2.48 bits per heavy atom. The molecule has 2 aliphatic heterocycles. The highest BCUT2D eigenvalue weighted by Gasteiger charge is 2.39. The number of nitrogens with two attached hydrogens (primary N) is 1. The van der Waals surface area contributed by atoms with Crippen LogP contribution in [-0.2, 0) is 27.8 Å². The molecule has 0 radical (unpaired) electrons. The third-order valence-electron chi connectivity index (χ3n) is 4.86. The number of amides is 1. The van der Waals surface area contributed by atoms with Gasteiger partial charge >= 0.3 is 0 Å². The molecule has 2 N–H and O–H groups in total. The van der Waals surface area contributed by atoms with Crippen LogP contribution in [0, 0.1) is 0 Å². The van der Waals surface area contributed by atoms with Crippen molar-refractivity contribution in [1.82, 2.24) is 4.31 Å². The minimum absolute atomic E-state index is 0.0531. The van der Waals surface area contributed by atoms with E-state index in [1.54, 1.807) is 6.07 Å². The topological polar surface area (TPSA) is 98.9 Å². The lowest BCUT2D eigenvalue weighted by molar-refractivity contribution is -0.122. The summed E-state index contributed by atoms with van der Waals surface area (Å²) in [6.07, 6.45) is 0.985. The second kappa shape index (κ2) is 6.86. The van der Waals surface area contributed by atoms with Crippen LogP contribution in [0.25, 0.3) is 0 Å². The summed E-state index contributed by atoms with van der Waals surface area (Å²) in [4.78, 5) is 12.1. The Kier molecular flexibility index (Phi) is 4.53. The number of hydrogen-bond acceptors (Lipinski definition) is 5. The van der Waals surface area contributed by atoms with Gasteiger partial charge in [0.15, 0.2) is 11.5 Å². The molecule has 7 nitrogen and oxygen atoms in total. The van der Waals surface area contributed by atoms with Crippen LogP contribution in [0.1, 0.15) is 17.5 Å². The number of fused-ring (bicyclic) bond motifs is 2. The zero-order valence-electron chi connectivity index (χ0n) is 14.6. The summed E-state index contributed by atoms with van der Waals surface area (Å²) in [6.45, 7) is 1.07. The fourth-order valence-corrected chi connectivity index (χ4v) is 5.02. The Hall–Kier alpha value is -2.58. The van der Waals surface area contributed by atoms with Gasteiger partial charge < -0.3 is 15.2 Å². The highest BCUT2D eigenvalue weighted by Crippen LogP contribution is 2.35. The lowest BCUT2D eigenvalue weighted by atomic mass is 9.96. The minimum Gasteiger partial charge on any atom is -0.490 e. The second-order valence-corrected chi connectivity index (χ2v) is 8.49. The van der Waals surface area contributed by atoms with Crippen molar-refractivity contribution in [1.29, 1.82) is 0 Å². The third-order valence-corrected chi connectivity index (χ3v) is 6.71. The van der Waals surface area contributed by atoms with Crippen LogP contribution in [-0.4, -0.2) is 37.9 Å². The number of primary amides is 1. The van der Waals surface area contributed by atoms with E-state index in [2.05, 4.69) is 0 Å². The van der Waals surface area contributed by atoms with Crippen LogP contribution in [0.15, 0.2) is 47.4 Å². The zero-order chi connectivity index (χ0) is 19.0. The largest absolute Gasteiger partial charge is 0.490 e. The van der Waals surface area contributed by atoms with E-state index in [-0.39, 0.29) is 17.9 Å². The van der Waals surface area contributed by atoms with E-state index in [1.165, 1.54) is 16.4 Å². The molecule has 27 heavy (non-hydrogen) atoms. The Labute approximate surface area is 157 Å². The van der Waals surface area contributed by atoms with Crippen LogP contribution in [0.3, 0.4) is 0 Å². The quantitative estimate of drug-likeness (QED) is 0.858. The summed E-state index contributed by atoms with van der Waals surface area (Å²) < 4.78 is 39.0. The maximum absolute atomic E-state index is 13.3. The maximum Gasteiger partial charge on any atom is 0.244 e. The Morgan fingerprint density at radius 1 is 1.04 bits per heavy atom. The van der Waals surface area contributed by atoms with Gasteiger partial charge in [-0.15, -0.1) is 0 Å². The molecule has 2 heterocycles. The number of benzene rings is 2. The highest BCUT2D eigenvalue weighted by atomic mass is 32.2. The summed E-state index contributed by atoms with van der Waals surface area (Å²) in [5, 5.41) is 0. The summed E-state index contributed by atoms with van der Waals surface area (Å²) in [6, 6.07) is 11.1. The monoisotopic (exact) mass is 388 g/mol. The lowest BCUT2D eigenvalue weighted by Crippen LogP contribution is -2.50. The van der Waals surface area contributed by atoms with Crippen LogP contribution in [0.5, 0.6) is 11.5 Å². The summed E-state index contributed by atoms with van der Waals surface area (Å²) >= 11 is 0. The van der Waals surface area contributed by atoms with Crippen LogP contribution < -0.4 is 15.2 Å². The zero-order valence-corrected chi connectivity index (χ0v) is 15.4. The molecule has 0 saturated carbocycles. The lowest BCUT2D eigenvalue weighted by Gasteiger charge is -2.34. The number of hydrogen-bond donors (Lipinski definition) is 1. The van der Waals surface area contributed by atoms with Gasteiger partial charge in [-0.1, -0.05) is 24.3 Å². The van der Waals surface area contributed by atoms with Gasteiger partial charge in [-0.25, -0.2) is 8.42 Å². The number of rotatable bonds is 3. The van der Waals surface area contributed by atoms with Gasteiger partial charge in [0, 0.05) is 19.0 Å². The second-order valence-electron chi connectivity index (χ2n) is 6.60. The van der Waals surface area contributed by atoms with Crippen molar-refractivity contribution in [2.45, 2.75) is 30.3 Å². The molecule has 0 aromatic heterocycles. The number of carbonyl (C=O) groups is 1. The van der Waals surface area contributed by atoms with Crippen LogP contribution in [0.4, 0.5) is 0 Å². The third kappa shape index (κ3) is 3.26. The molecule has 2 aromatic carbocycles. The van der Waals surface area contributed by atoms with Crippen molar-refractivity contribution >= 4 is 15.9 Å². The van der Waals surface area contributed by atoms with Gasteiger partial charge in [0.1, 0.15) is 6.04 Å². The first-order valence-corrected chi connectivity index (χ1v) is 10.2. The molecule has 0 aliphatic carbocycles. The first kappa shape index (κ1) is 17.8. The van der Waals surface area contributed by atoms with Gasteiger partial charge in [-0.05, 0) is 29.7 Å². The Bertz CT molecular complexity index is 989. The Morgan fingerprint density at radius 2 is 1.74 bits per heavy atom. The molecule has 0 saturated heterocycles. The van der Waals surface area contributed by atoms with Crippen LogP contribution >= 0.6 is 0 Å². The SMILES string of the molecule is NC(=O)C1Cc2ccccc2CN1S(=O)(=O)c1ccc2c(c1)OCCCO2. The molecule has 4 rings (SSSR count). The maximum atomic E-state index is 13.3. The van der Waals surface area contributed by atoms with Crippen molar-refractivity contribution in [3.8, 4) is 11.5 Å². The predicted octanol–water partition coefficient (Wildman–Crippen LogP) is 1.45. The molecule has 1 unspecified atom stereocenters. The molecule has 2 aromatic rings. The smallest absolute Gasteiger partial charge is 0.244 e. The summed E-state index contributed by atoms with van der Waals surface area (Å²) in [5.74, 6) is 0.242. The van der Waals surface area contributed by atoms with Gasteiger partial charge in [-0.2, -0.15) is 4.31 Å². The first-order chi connectivity index (χ1) is 13.0. The van der Waals surface area contributed by atoms with E-state index in [9.17, 15) is 13.2 Å². The number of carbonyl (C=O) groups excluding carboxylic acids is 1. The highest BCUT2D eigenvalue weighted by molar-refractivity contribution is 7.89. The molecule has 0 bridgehead atoms. The molecule has 2 aliphatic rings. The van der Waals surface area contributed by atoms with Gasteiger partial charge in [-0.3, -0.25) is 4.79 Å². The molecule has 8 heteroatoms. The molecule has 1 amide bonds. The summed E-state index contributed by atoms with van der Waals surface area (Å²) in [5.41, 5.74) is 7.34. The van der Waals surface area contributed by atoms with Crippen molar-refractivity contribution in [3.63, 3.8) is 0 Å². The van der Waals surface area contributed by atoms with Gasteiger partial charge in [0.25, 0.3) is 0 Å². The van der Waals surface area contributed by atoms with E-state index in [4.69, 9.17) is 15.2 Å². The van der Waals surface area contributed by atoms with Crippen molar-refractivity contribution < 1.29 is 22.7 Å². The standard InChI is InChI=1S/C19H20N2O5S/c20-19(22)16-10-13-4-1-2-5-14(13)12-21(16)27(23,24)15-6-7-17-18(11-15)26-9-3-8-25-17/h1-2,4-7,11,16H,3,8-10,12H2,(H2,20,22). The van der Waals surface area contributed by atoms with E-state index >= 15 is 0 Å². The summed E-state index contributed by atoms with van der Waals surface area (Å²) in [7, 11) is -3.95. The molecule has 0 spiro atoms. The van der Waals surface area contributed by atoms with Crippen LogP contribution in [0.2, 0.25) is 0 Å². The fraction of sp³-hybridized carbons (Fsp3) is 0.316. The number of ether oxygens (including phenoxy) is 2. The fourth-order valence-electron chi connectivity index (χ4n) is 3.43. The normalized spacial score (nSPS) is 19.8. The average Bonchev–Trinajstić information content (AvgIpc) is 2.91. The molecule has 0 fully saturated rings. The Balaban J connectivity index is 1.74. The number of nitrogens with zero attached hydrogens (tertiary/aromatic N) is 1. The molecule has 142 valence electrons. The molecular weight excluding hydrogens is 368 g/mol. The average molecular weight is 388 g/mol. The molecular formula is C19H20N2O5S. The van der Waals surface area contributed by atoms with E-state index in [0.717, 1.165) is 17.5 Å². The van der Waals surface area contributed by atoms with Crippen molar-refractivity contribution in [2.24, 2.45) is 5.73 Å². The van der Waals surface area contributed by atoms with Crippen molar-refractivity contribution in [2.75, 3.05) is 13.2 Å². The van der Waals surface area contributed by atoms with E-state index in [0.29, 0.717) is 24.7 Å². The first-order valence-electron chi connectivity index (χ1n) is 8.74. The van der Waals surface area contributed by atoms with Crippen molar-refractivity contribution in [3.05, 3.63) is 53.6 Å². The van der Waals surface area contributed by atoms with Gasteiger partial charge in [0.05, 0.1) is 18.1 Å². The minimum atomic E-state index is -3.95. The molecule has 1 atom stereocenters. The predicted molar refractivity (Wildman–Crippen MR) is 97.9 cm³/mol. The van der Waals surface area contributed by atoms with E-state index in [1.807, 2.05) is 24.3 Å². The van der Waals surface area contributed by atoms with Gasteiger partial charge in [0.2, 0.25) is 15.9 Å². The van der Waals surface area contributed by atoms with E-state index < -0.39 is 22.0 Å². The number of sulfonamides is 1.